The average Bonchev–Trinajstić information content (AvgIpc) is 2.93. The molecule has 0 fully saturated rings. The fourth-order valence-electron chi connectivity index (χ4n) is 1.84. The van der Waals surface area contributed by atoms with Crippen molar-refractivity contribution in [1.29, 1.82) is 0 Å². The van der Waals surface area contributed by atoms with Gasteiger partial charge < -0.3 is 0 Å². The summed E-state index contributed by atoms with van der Waals surface area (Å²) in [6, 6.07) is 7.98. The third-order valence-electron chi connectivity index (χ3n) is 2.76. The van der Waals surface area contributed by atoms with Crippen molar-refractivity contribution in [2.75, 3.05) is 0 Å². The monoisotopic (exact) mass is 260 g/mol. The molecule has 0 atom stereocenters. The molecule has 0 unspecified atom stereocenters. The summed E-state index contributed by atoms with van der Waals surface area (Å²) < 4.78 is 15.4. The summed E-state index contributed by atoms with van der Waals surface area (Å²) in [4.78, 5) is 12.8. The molecule has 5 heteroatoms. The minimum absolute atomic E-state index is 0.0865. The van der Waals surface area contributed by atoms with Gasteiger partial charge in [-0.3, -0.25) is 9.48 Å². The van der Waals surface area contributed by atoms with Gasteiger partial charge in [-0.2, -0.15) is 5.10 Å². The maximum Gasteiger partial charge on any atom is 0.220 e. The molecule has 1 aromatic carbocycles. The molecule has 3 aromatic rings. The lowest BCUT2D eigenvalue weighted by atomic mass is 10.2. The quantitative estimate of drug-likeness (QED) is 0.664. The summed E-state index contributed by atoms with van der Waals surface area (Å²) in [7, 11) is 1.72. The van der Waals surface area contributed by atoms with Crippen molar-refractivity contribution >= 4 is 27.2 Å². The van der Waals surface area contributed by atoms with Crippen molar-refractivity contribution in [1.82, 2.24) is 9.78 Å². The largest absolute Gasteiger partial charge is 0.286 e. The second kappa shape index (κ2) is 4.03. The first-order valence-electron chi connectivity index (χ1n) is 5.37. The van der Waals surface area contributed by atoms with Gasteiger partial charge in [0, 0.05) is 17.9 Å². The molecule has 0 aliphatic rings. The molecule has 0 amide bonds. The van der Waals surface area contributed by atoms with Gasteiger partial charge in [0.2, 0.25) is 5.78 Å². The zero-order valence-electron chi connectivity index (χ0n) is 9.55. The number of aromatic nitrogens is 2. The van der Waals surface area contributed by atoms with Gasteiger partial charge in [-0.1, -0.05) is 6.07 Å². The Morgan fingerprint density at radius 3 is 2.89 bits per heavy atom. The Labute approximate surface area is 106 Å². The zero-order valence-corrected chi connectivity index (χ0v) is 10.4. The number of aryl methyl sites for hydroxylation is 1. The van der Waals surface area contributed by atoms with Gasteiger partial charge in [0.15, 0.2) is 0 Å². The van der Waals surface area contributed by atoms with Crippen LogP contribution in [0.4, 0.5) is 4.39 Å². The van der Waals surface area contributed by atoms with E-state index in [1.807, 2.05) is 0 Å². The predicted molar refractivity (Wildman–Crippen MR) is 68.4 cm³/mol. The highest BCUT2D eigenvalue weighted by Crippen LogP contribution is 2.27. The molecule has 18 heavy (non-hydrogen) atoms. The Morgan fingerprint density at radius 1 is 1.33 bits per heavy atom. The maximum absolute atomic E-state index is 13.1. The van der Waals surface area contributed by atoms with Crippen LogP contribution >= 0.6 is 11.3 Å². The Kier molecular flexibility index (Phi) is 2.48. The minimum Gasteiger partial charge on any atom is -0.286 e. The van der Waals surface area contributed by atoms with Gasteiger partial charge in [0.05, 0.1) is 4.88 Å². The maximum atomic E-state index is 13.1. The fourth-order valence-corrected chi connectivity index (χ4v) is 2.88. The highest BCUT2D eigenvalue weighted by atomic mass is 32.1. The Balaban J connectivity index is 2.10. The molecule has 0 saturated carbocycles. The topological polar surface area (TPSA) is 34.9 Å². The number of hydrogen-bond donors (Lipinski definition) is 0. The first-order valence-corrected chi connectivity index (χ1v) is 6.18. The third kappa shape index (κ3) is 1.73. The van der Waals surface area contributed by atoms with E-state index in [-0.39, 0.29) is 11.6 Å². The summed E-state index contributed by atoms with van der Waals surface area (Å²) in [6.07, 6.45) is 1.58. The van der Waals surface area contributed by atoms with E-state index >= 15 is 0 Å². The van der Waals surface area contributed by atoms with Crippen LogP contribution < -0.4 is 0 Å². The van der Waals surface area contributed by atoms with Gasteiger partial charge in [0.1, 0.15) is 11.5 Å². The van der Waals surface area contributed by atoms with Gasteiger partial charge in [-0.05, 0) is 29.7 Å². The van der Waals surface area contributed by atoms with E-state index in [1.165, 1.54) is 28.2 Å². The number of benzene rings is 1. The zero-order chi connectivity index (χ0) is 12.7. The number of rotatable bonds is 2. The smallest absolute Gasteiger partial charge is 0.220 e. The molecule has 2 aromatic heterocycles. The van der Waals surface area contributed by atoms with E-state index in [0.717, 1.165) is 10.1 Å². The van der Waals surface area contributed by atoms with Gasteiger partial charge in [-0.15, -0.1) is 11.3 Å². The standard InChI is InChI=1S/C13H9FN2OS/c1-16-10(4-5-15-16)13(17)12-6-8-2-3-9(14)7-11(8)18-12/h2-7H,1H3. The predicted octanol–water partition coefficient (Wildman–Crippen LogP) is 3.00. The first kappa shape index (κ1) is 11.1. The lowest BCUT2D eigenvalue weighted by Gasteiger charge is -1.97. The molecule has 90 valence electrons. The number of halogens is 1. The minimum atomic E-state index is -0.288. The molecule has 2 heterocycles. The summed E-state index contributed by atoms with van der Waals surface area (Å²) in [5.74, 6) is -0.375. The number of nitrogens with zero attached hydrogens (tertiary/aromatic N) is 2. The van der Waals surface area contributed by atoms with Gasteiger partial charge in [-0.25, -0.2) is 4.39 Å². The van der Waals surface area contributed by atoms with E-state index in [4.69, 9.17) is 0 Å². The number of hydrogen-bond acceptors (Lipinski definition) is 3. The molecule has 0 aliphatic carbocycles. The lowest BCUT2D eigenvalue weighted by Crippen LogP contribution is -2.06. The molecular formula is C13H9FN2OS. The molecule has 0 radical (unpaired) electrons. The molecular weight excluding hydrogens is 251 g/mol. The Hall–Kier alpha value is -2.01. The van der Waals surface area contributed by atoms with E-state index < -0.39 is 0 Å². The SMILES string of the molecule is Cn1nccc1C(=O)c1cc2ccc(F)cc2s1. The fraction of sp³-hybridized carbons (Fsp3) is 0.0769. The van der Waals surface area contributed by atoms with Crippen LogP contribution in [-0.2, 0) is 7.05 Å². The average molecular weight is 260 g/mol. The van der Waals surface area contributed by atoms with Crippen molar-refractivity contribution in [2.45, 2.75) is 0 Å². The number of ketones is 1. The van der Waals surface area contributed by atoms with Crippen LogP contribution in [0.25, 0.3) is 10.1 Å². The van der Waals surface area contributed by atoms with E-state index in [2.05, 4.69) is 5.10 Å². The molecule has 0 N–H and O–H groups in total. The van der Waals surface area contributed by atoms with Crippen LogP contribution in [-0.4, -0.2) is 15.6 Å². The van der Waals surface area contributed by atoms with Crippen molar-refractivity contribution in [3.05, 3.63) is 52.9 Å². The number of fused-ring (bicyclic) bond motifs is 1. The van der Waals surface area contributed by atoms with E-state index in [0.29, 0.717) is 10.6 Å². The molecule has 3 nitrogen and oxygen atoms in total. The van der Waals surface area contributed by atoms with Crippen molar-refractivity contribution in [2.24, 2.45) is 7.05 Å². The Bertz CT molecular complexity index is 744. The normalized spacial score (nSPS) is 11.0. The molecule has 0 bridgehead atoms. The van der Waals surface area contributed by atoms with E-state index in [9.17, 15) is 9.18 Å². The summed E-state index contributed by atoms with van der Waals surface area (Å²) in [5, 5.41) is 4.85. The molecule has 0 aliphatic heterocycles. The second-order valence-corrected chi connectivity index (χ2v) is 5.05. The van der Waals surface area contributed by atoms with Gasteiger partial charge >= 0.3 is 0 Å². The van der Waals surface area contributed by atoms with Gasteiger partial charge in [0.25, 0.3) is 0 Å². The van der Waals surface area contributed by atoms with Crippen LogP contribution in [0.15, 0.2) is 36.5 Å². The summed E-state index contributed by atoms with van der Waals surface area (Å²) in [6.45, 7) is 0. The van der Waals surface area contributed by atoms with Crippen molar-refractivity contribution < 1.29 is 9.18 Å². The second-order valence-electron chi connectivity index (χ2n) is 3.96. The molecule has 0 saturated heterocycles. The van der Waals surface area contributed by atoms with Crippen LogP contribution in [0.1, 0.15) is 15.4 Å². The van der Waals surface area contributed by atoms with Crippen LogP contribution in [0, 0.1) is 5.82 Å². The lowest BCUT2D eigenvalue weighted by molar-refractivity contribution is 0.103. The first-order chi connectivity index (χ1) is 8.65. The number of carbonyl (C=O) groups is 1. The number of thiophene rings is 1. The van der Waals surface area contributed by atoms with Crippen molar-refractivity contribution in [3.63, 3.8) is 0 Å². The number of carbonyl (C=O) groups excluding carboxylic acids is 1. The van der Waals surface area contributed by atoms with Crippen molar-refractivity contribution in [3.8, 4) is 0 Å². The van der Waals surface area contributed by atoms with Crippen LogP contribution in [0.2, 0.25) is 0 Å². The molecule has 0 spiro atoms. The highest BCUT2D eigenvalue weighted by molar-refractivity contribution is 7.21. The molecule has 3 rings (SSSR count). The Morgan fingerprint density at radius 2 is 2.17 bits per heavy atom. The van der Waals surface area contributed by atoms with Crippen LogP contribution in [0.3, 0.4) is 0 Å². The highest BCUT2D eigenvalue weighted by Gasteiger charge is 2.15. The van der Waals surface area contributed by atoms with E-state index in [1.54, 1.807) is 31.4 Å². The summed E-state index contributed by atoms with van der Waals surface area (Å²) >= 11 is 1.30. The third-order valence-corrected chi connectivity index (χ3v) is 3.86. The van der Waals surface area contributed by atoms with Crippen LogP contribution in [0.5, 0.6) is 0 Å². The summed E-state index contributed by atoms with van der Waals surface area (Å²) in [5.41, 5.74) is 0.530.